The summed E-state index contributed by atoms with van der Waals surface area (Å²) in [5.74, 6) is -0.116. The summed E-state index contributed by atoms with van der Waals surface area (Å²) in [6, 6.07) is 11.2. The molecule has 1 aromatic heterocycles. The lowest BCUT2D eigenvalue weighted by molar-refractivity contribution is 0.476. The molecule has 3 N–H and O–H groups in total. The number of hydrogen-bond donors (Lipinski definition) is 3. The molecule has 0 unspecified atom stereocenters. The van der Waals surface area contributed by atoms with Crippen LogP contribution in [0.25, 0.3) is 11.1 Å². The standard InChI is InChI=1S/C16H13ClN2O4S2/c17-16-19-9-11(24-16)8-18-14-7-12(25(21,22)23)6-13(15(14)20)10-4-2-1-3-5-10/h1-7,9,18,20H,8H2,(H,21,22,23). The largest absolute Gasteiger partial charge is 0.505 e. The average Bonchev–Trinajstić information content (AvgIpc) is 2.99. The van der Waals surface area contributed by atoms with E-state index >= 15 is 0 Å². The number of phenolic OH excluding ortho intramolecular Hbond substituents is 1. The van der Waals surface area contributed by atoms with Crippen molar-refractivity contribution in [2.75, 3.05) is 5.32 Å². The highest BCUT2D eigenvalue weighted by Gasteiger charge is 2.18. The van der Waals surface area contributed by atoms with Crippen LogP contribution in [0, 0.1) is 0 Å². The maximum absolute atomic E-state index is 11.6. The first-order valence-electron chi connectivity index (χ1n) is 7.08. The summed E-state index contributed by atoms with van der Waals surface area (Å²) in [5.41, 5.74) is 1.09. The zero-order chi connectivity index (χ0) is 18.0. The lowest BCUT2D eigenvalue weighted by Crippen LogP contribution is -2.03. The first-order valence-corrected chi connectivity index (χ1v) is 9.72. The molecule has 0 aliphatic rings. The van der Waals surface area contributed by atoms with Gasteiger partial charge in [-0.3, -0.25) is 4.55 Å². The minimum absolute atomic E-state index is 0.116. The Bertz CT molecular complexity index is 1000. The number of aromatic hydroxyl groups is 1. The van der Waals surface area contributed by atoms with Crippen molar-refractivity contribution in [2.45, 2.75) is 11.4 Å². The molecule has 0 saturated heterocycles. The van der Waals surface area contributed by atoms with Crippen molar-refractivity contribution in [1.29, 1.82) is 0 Å². The minimum Gasteiger partial charge on any atom is -0.505 e. The summed E-state index contributed by atoms with van der Waals surface area (Å²) in [4.78, 5) is 4.42. The molecule has 130 valence electrons. The van der Waals surface area contributed by atoms with Crippen LogP contribution < -0.4 is 5.32 Å². The Morgan fingerprint density at radius 3 is 2.52 bits per heavy atom. The number of benzene rings is 2. The fourth-order valence-corrected chi connectivity index (χ4v) is 3.73. The average molecular weight is 397 g/mol. The number of aromatic nitrogens is 1. The van der Waals surface area contributed by atoms with Crippen LogP contribution in [0.4, 0.5) is 5.69 Å². The Morgan fingerprint density at radius 2 is 1.92 bits per heavy atom. The third-order valence-electron chi connectivity index (χ3n) is 3.44. The summed E-state index contributed by atoms with van der Waals surface area (Å²) in [6.07, 6.45) is 1.59. The van der Waals surface area contributed by atoms with Gasteiger partial charge in [-0.2, -0.15) is 8.42 Å². The number of thiazole rings is 1. The van der Waals surface area contributed by atoms with E-state index in [1.807, 2.05) is 0 Å². The molecule has 0 fully saturated rings. The van der Waals surface area contributed by atoms with Crippen LogP contribution in [0.2, 0.25) is 4.47 Å². The SMILES string of the molecule is O=S(=O)(O)c1cc(NCc2cnc(Cl)s2)c(O)c(-c2ccccc2)c1. The highest BCUT2D eigenvalue weighted by molar-refractivity contribution is 7.85. The number of rotatable bonds is 5. The monoisotopic (exact) mass is 396 g/mol. The molecule has 0 saturated carbocycles. The smallest absolute Gasteiger partial charge is 0.294 e. The van der Waals surface area contributed by atoms with Crippen LogP contribution in [-0.2, 0) is 16.7 Å². The van der Waals surface area contributed by atoms with Gasteiger partial charge in [-0.1, -0.05) is 41.9 Å². The Kier molecular flexibility index (Phi) is 4.96. The van der Waals surface area contributed by atoms with E-state index in [1.165, 1.54) is 23.5 Å². The Morgan fingerprint density at radius 1 is 1.20 bits per heavy atom. The van der Waals surface area contributed by atoms with Crippen molar-refractivity contribution in [3.05, 3.63) is 58.0 Å². The molecule has 1 heterocycles. The van der Waals surface area contributed by atoms with Crippen LogP contribution in [0.1, 0.15) is 4.88 Å². The molecule has 3 aromatic rings. The molecule has 0 bridgehead atoms. The second-order valence-electron chi connectivity index (χ2n) is 5.14. The number of nitrogens with one attached hydrogen (secondary N) is 1. The summed E-state index contributed by atoms with van der Waals surface area (Å²) in [7, 11) is -4.43. The zero-order valence-electron chi connectivity index (χ0n) is 12.7. The van der Waals surface area contributed by atoms with E-state index in [1.54, 1.807) is 36.5 Å². The van der Waals surface area contributed by atoms with Crippen LogP contribution >= 0.6 is 22.9 Å². The molecule has 6 nitrogen and oxygen atoms in total. The van der Waals surface area contributed by atoms with E-state index in [0.29, 0.717) is 22.1 Å². The molecular formula is C16H13ClN2O4S2. The van der Waals surface area contributed by atoms with Gasteiger partial charge >= 0.3 is 0 Å². The summed E-state index contributed by atoms with van der Waals surface area (Å²) >= 11 is 7.05. The lowest BCUT2D eigenvalue weighted by Gasteiger charge is -2.13. The topological polar surface area (TPSA) is 99.5 Å². The first-order chi connectivity index (χ1) is 11.8. The van der Waals surface area contributed by atoms with Crippen LogP contribution in [-0.4, -0.2) is 23.1 Å². The van der Waals surface area contributed by atoms with E-state index in [-0.39, 0.29) is 16.3 Å². The van der Waals surface area contributed by atoms with Gasteiger partial charge in [0.15, 0.2) is 4.47 Å². The second-order valence-corrected chi connectivity index (χ2v) is 8.26. The normalized spacial score (nSPS) is 11.4. The first kappa shape index (κ1) is 17.7. The van der Waals surface area contributed by atoms with Gasteiger partial charge in [0, 0.05) is 16.6 Å². The molecule has 3 rings (SSSR count). The molecular weight excluding hydrogens is 384 g/mol. The zero-order valence-corrected chi connectivity index (χ0v) is 15.1. The molecule has 0 amide bonds. The molecule has 0 atom stereocenters. The third kappa shape index (κ3) is 4.10. The van der Waals surface area contributed by atoms with Crippen LogP contribution in [0.15, 0.2) is 53.6 Å². The second kappa shape index (κ2) is 7.01. The van der Waals surface area contributed by atoms with E-state index in [2.05, 4.69) is 10.3 Å². The molecule has 9 heteroatoms. The summed E-state index contributed by atoms with van der Waals surface area (Å²) in [6.45, 7) is 0.293. The van der Waals surface area contributed by atoms with Crippen LogP contribution in [0.3, 0.4) is 0 Å². The minimum atomic E-state index is -4.43. The van der Waals surface area contributed by atoms with E-state index < -0.39 is 10.1 Å². The molecule has 0 aliphatic heterocycles. The molecule has 0 aliphatic carbocycles. The fraction of sp³-hybridized carbons (Fsp3) is 0.0625. The number of halogens is 1. The highest BCUT2D eigenvalue weighted by Crippen LogP contribution is 2.38. The van der Waals surface area contributed by atoms with Crippen molar-refractivity contribution in [2.24, 2.45) is 0 Å². The predicted octanol–water partition coefficient (Wildman–Crippen LogP) is 4.03. The Labute approximate surface area is 153 Å². The third-order valence-corrected chi connectivity index (χ3v) is 5.39. The fourth-order valence-electron chi connectivity index (χ4n) is 2.28. The van der Waals surface area contributed by atoms with Gasteiger partial charge in [0.1, 0.15) is 5.75 Å². The van der Waals surface area contributed by atoms with E-state index in [9.17, 15) is 18.1 Å². The van der Waals surface area contributed by atoms with Crippen molar-refractivity contribution >= 4 is 38.7 Å². The number of nitrogens with zero attached hydrogens (tertiary/aromatic N) is 1. The maximum atomic E-state index is 11.6. The molecule has 25 heavy (non-hydrogen) atoms. The molecule has 2 aromatic carbocycles. The van der Waals surface area contributed by atoms with E-state index in [0.717, 1.165) is 4.88 Å². The van der Waals surface area contributed by atoms with Crippen molar-refractivity contribution in [3.8, 4) is 16.9 Å². The Hall–Kier alpha value is -2.13. The molecule has 0 radical (unpaired) electrons. The summed E-state index contributed by atoms with van der Waals surface area (Å²) < 4.78 is 32.9. The maximum Gasteiger partial charge on any atom is 0.294 e. The quantitative estimate of drug-likeness (QED) is 0.444. The van der Waals surface area contributed by atoms with E-state index in [4.69, 9.17) is 11.6 Å². The molecule has 0 spiro atoms. The number of anilines is 1. The van der Waals surface area contributed by atoms with Gasteiger partial charge < -0.3 is 10.4 Å². The Balaban J connectivity index is 2.04. The van der Waals surface area contributed by atoms with Crippen molar-refractivity contribution in [1.82, 2.24) is 4.98 Å². The van der Waals surface area contributed by atoms with Gasteiger partial charge in [0.05, 0.1) is 17.1 Å². The van der Waals surface area contributed by atoms with Gasteiger partial charge in [0.2, 0.25) is 0 Å². The highest BCUT2D eigenvalue weighted by atomic mass is 35.5. The lowest BCUT2D eigenvalue weighted by atomic mass is 10.0. The van der Waals surface area contributed by atoms with Gasteiger partial charge in [-0.25, -0.2) is 4.98 Å². The van der Waals surface area contributed by atoms with Gasteiger partial charge in [-0.05, 0) is 17.7 Å². The van der Waals surface area contributed by atoms with Crippen molar-refractivity contribution < 1.29 is 18.1 Å². The van der Waals surface area contributed by atoms with Crippen molar-refractivity contribution in [3.63, 3.8) is 0 Å². The number of phenols is 1. The van der Waals surface area contributed by atoms with Gasteiger partial charge in [0.25, 0.3) is 10.1 Å². The number of hydrogen-bond acceptors (Lipinski definition) is 6. The summed E-state index contributed by atoms with van der Waals surface area (Å²) in [5, 5.41) is 13.5. The van der Waals surface area contributed by atoms with Crippen LogP contribution in [0.5, 0.6) is 5.75 Å². The van der Waals surface area contributed by atoms with Gasteiger partial charge in [-0.15, -0.1) is 11.3 Å². The predicted molar refractivity (Wildman–Crippen MR) is 97.8 cm³/mol.